The van der Waals surface area contributed by atoms with E-state index in [0.717, 1.165) is 32.5 Å². The molecule has 3 rings (SSSR count). The Morgan fingerprint density at radius 1 is 1.25 bits per heavy atom. The van der Waals surface area contributed by atoms with Gasteiger partial charge < -0.3 is 19.7 Å². The van der Waals surface area contributed by atoms with E-state index in [1.54, 1.807) is 0 Å². The molecule has 1 N–H and O–H groups in total. The van der Waals surface area contributed by atoms with Crippen LogP contribution in [0.4, 0.5) is 0 Å². The van der Waals surface area contributed by atoms with Gasteiger partial charge in [0.2, 0.25) is 5.91 Å². The zero-order chi connectivity index (χ0) is 11.0. The predicted octanol–water partition coefficient (Wildman–Crippen LogP) is -0.635. The largest absolute Gasteiger partial charge is 0.378 e. The van der Waals surface area contributed by atoms with Crippen molar-refractivity contribution in [1.29, 1.82) is 0 Å². The van der Waals surface area contributed by atoms with E-state index in [1.807, 2.05) is 4.90 Å². The molecule has 2 bridgehead atoms. The fraction of sp³-hybridized carbons (Fsp3) is 0.909. The quantitative estimate of drug-likeness (QED) is 0.646. The van der Waals surface area contributed by atoms with E-state index in [4.69, 9.17) is 9.47 Å². The van der Waals surface area contributed by atoms with Gasteiger partial charge in [0.15, 0.2) is 0 Å². The van der Waals surface area contributed by atoms with Crippen LogP contribution in [0.2, 0.25) is 0 Å². The summed E-state index contributed by atoms with van der Waals surface area (Å²) in [6, 6.07) is -0.147. The van der Waals surface area contributed by atoms with Crippen molar-refractivity contribution in [3.63, 3.8) is 0 Å². The highest BCUT2D eigenvalue weighted by Gasteiger charge is 2.37. The number of carbonyl (C=O) groups is 1. The fourth-order valence-corrected chi connectivity index (χ4v) is 2.74. The molecule has 3 saturated heterocycles. The third kappa shape index (κ3) is 1.95. The highest BCUT2D eigenvalue weighted by Crippen LogP contribution is 2.26. The van der Waals surface area contributed by atoms with Crippen LogP contribution >= 0.6 is 0 Å². The lowest BCUT2D eigenvalue weighted by Gasteiger charge is -2.35. The van der Waals surface area contributed by atoms with Crippen molar-refractivity contribution in [2.45, 2.75) is 31.1 Å². The summed E-state index contributed by atoms with van der Waals surface area (Å²) in [6.45, 7) is 3.50. The summed E-state index contributed by atoms with van der Waals surface area (Å²) in [4.78, 5) is 14.1. The summed E-state index contributed by atoms with van der Waals surface area (Å²) < 4.78 is 11.0. The molecule has 3 unspecified atom stereocenters. The molecule has 0 spiro atoms. The summed E-state index contributed by atoms with van der Waals surface area (Å²) in [6.07, 6.45) is 2.74. The Labute approximate surface area is 95.1 Å². The lowest BCUT2D eigenvalue weighted by Crippen LogP contribution is -2.56. The first kappa shape index (κ1) is 10.5. The van der Waals surface area contributed by atoms with Crippen molar-refractivity contribution in [3.8, 4) is 0 Å². The van der Waals surface area contributed by atoms with Crippen LogP contribution in [0.5, 0.6) is 0 Å². The van der Waals surface area contributed by atoms with Gasteiger partial charge in [-0.3, -0.25) is 4.79 Å². The topological polar surface area (TPSA) is 50.8 Å². The van der Waals surface area contributed by atoms with E-state index < -0.39 is 0 Å². The van der Waals surface area contributed by atoms with E-state index in [0.29, 0.717) is 13.2 Å². The molecule has 16 heavy (non-hydrogen) atoms. The van der Waals surface area contributed by atoms with Crippen molar-refractivity contribution in [2.75, 3.05) is 32.8 Å². The Kier molecular flexibility index (Phi) is 2.83. The van der Waals surface area contributed by atoms with Crippen LogP contribution in [0.3, 0.4) is 0 Å². The third-order valence-corrected chi connectivity index (χ3v) is 3.57. The molecule has 3 aliphatic heterocycles. The van der Waals surface area contributed by atoms with E-state index in [9.17, 15) is 4.79 Å². The average molecular weight is 226 g/mol. The molecule has 0 radical (unpaired) electrons. The number of rotatable bonds is 1. The summed E-state index contributed by atoms with van der Waals surface area (Å²) in [7, 11) is 0. The van der Waals surface area contributed by atoms with Crippen LogP contribution in [-0.2, 0) is 14.3 Å². The molecule has 0 aromatic carbocycles. The lowest BCUT2D eigenvalue weighted by molar-refractivity contribution is -0.144. The van der Waals surface area contributed by atoms with E-state index in [-0.39, 0.29) is 24.2 Å². The van der Waals surface area contributed by atoms with Gasteiger partial charge in [-0.25, -0.2) is 0 Å². The summed E-state index contributed by atoms with van der Waals surface area (Å²) >= 11 is 0. The minimum Gasteiger partial charge on any atom is -0.378 e. The first-order valence-corrected chi connectivity index (χ1v) is 6.08. The molecule has 90 valence electrons. The molecule has 3 fully saturated rings. The normalized spacial score (nSPS) is 38.8. The van der Waals surface area contributed by atoms with Crippen LogP contribution in [0.1, 0.15) is 12.8 Å². The van der Waals surface area contributed by atoms with E-state index >= 15 is 0 Å². The smallest absolute Gasteiger partial charge is 0.242 e. The number of nitrogens with one attached hydrogen (secondary N) is 1. The third-order valence-electron chi connectivity index (χ3n) is 3.57. The molecule has 5 heteroatoms. The van der Waals surface area contributed by atoms with Gasteiger partial charge >= 0.3 is 0 Å². The number of carbonyl (C=O) groups excluding carboxylic acids is 1. The van der Waals surface area contributed by atoms with Crippen LogP contribution in [0.25, 0.3) is 0 Å². The van der Waals surface area contributed by atoms with Crippen molar-refractivity contribution in [3.05, 3.63) is 0 Å². The molecule has 3 aliphatic rings. The monoisotopic (exact) mass is 226 g/mol. The van der Waals surface area contributed by atoms with Gasteiger partial charge in [0, 0.05) is 19.6 Å². The summed E-state index contributed by atoms with van der Waals surface area (Å²) in [5, 5.41) is 3.21. The number of ether oxygens (including phenoxy) is 2. The first-order chi connectivity index (χ1) is 7.83. The molecular weight excluding hydrogens is 208 g/mol. The Balaban J connectivity index is 1.61. The fourth-order valence-electron chi connectivity index (χ4n) is 2.74. The second-order valence-corrected chi connectivity index (χ2v) is 4.78. The molecule has 0 aromatic rings. The van der Waals surface area contributed by atoms with Gasteiger partial charge in [-0.1, -0.05) is 0 Å². The number of likely N-dealkylation sites (tertiary alicyclic amines) is 1. The van der Waals surface area contributed by atoms with Gasteiger partial charge in [0.25, 0.3) is 0 Å². The maximum absolute atomic E-state index is 12.2. The van der Waals surface area contributed by atoms with Crippen LogP contribution in [-0.4, -0.2) is 61.9 Å². The molecule has 5 nitrogen and oxygen atoms in total. The highest BCUT2D eigenvalue weighted by molar-refractivity contribution is 5.82. The molecule has 0 saturated carbocycles. The standard InChI is InChI=1S/C11H18N2O3/c14-11(10-7-15-4-3-12-10)13-5-8-1-2-9(6-13)16-8/h8-10,12H,1-7H2. The SMILES string of the molecule is O=C(C1COCCN1)N1CC2CCC(C1)O2. The number of fused-ring (bicyclic) bond motifs is 2. The second-order valence-electron chi connectivity index (χ2n) is 4.78. The number of hydrogen-bond donors (Lipinski definition) is 1. The van der Waals surface area contributed by atoms with Crippen LogP contribution < -0.4 is 5.32 Å². The molecule has 0 aliphatic carbocycles. The number of morpholine rings is 2. The van der Waals surface area contributed by atoms with Crippen LogP contribution in [0.15, 0.2) is 0 Å². The van der Waals surface area contributed by atoms with Gasteiger partial charge in [-0.15, -0.1) is 0 Å². The summed E-state index contributed by atoms with van der Waals surface area (Å²) in [5.74, 6) is 0.180. The zero-order valence-corrected chi connectivity index (χ0v) is 9.35. The summed E-state index contributed by atoms with van der Waals surface area (Å²) in [5.41, 5.74) is 0. The molecule has 1 amide bonds. The number of nitrogens with zero attached hydrogens (tertiary/aromatic N) is 1. The molecule has 3 heterocycles. The number of amides is 1. The predicted molar refractivity (Wildman–Crippen MR) is 57.1 cm³/mol. The zero-order valence-electron chi connectivity index (χ0n) is 9.35. The van der Waals surface area contributed by atoms with Crippen LogP contribution in [0, 0.1) is 0 Å². The Hall–Kier alpha value is -0.650. The van der Waals surface area contributed by atoms with E-state index in [1.165, 1.54) is 0 Å². The second kappa shape index (κ2) is 4.31. The average Bonchev–Trinajstić information content (AvgIpc) is 2.68. The molecule has 3 atom stereocenters. The maximum atomic E-state index is 12.2. The minimum atomic E-state index is -0.147. The Bertz CT molecular complexity index is 266. The first-order valence-electron chi connectivity index (χ1n) is 6.08. The van der Waals surface area contributed by atoms with Crippen molar-refractivity contribution >= 4 is 5.91 Å². The van der Waals surface area contributed by atoms with Crippen molar-refractivity contribution in [2.24, 2.45) is 0 Å². The van der Waals surface area contributed by atoms with Gasteiger partial charge in [0.05, 0.1) is 25.4 Å². The molecular formula is C11H18N2O3. The number of hydrogen-bond acceptors (Lipinski definition) is 4. The van der Waals surface area contributed by atoms with Crippen molar-refractivity contribution in [1.82, 2.24) is 10.2 Å². The lowest BCUT2D eigenvalue weighted by atomic mass is 10.2. The Morgan fingerprint density at radius 3 is 2.62 bits per heavy atom. The van der Waals surface area contributed by atoms with Crippen molar-refractivity contribution < 1.29 is 14.3 Å². The van der Waals surface area contributed by atoms with E-state index in [2.05, 4.69) is 5.32 Å². The van der Waals surface area contributed by atoms with Gasteiger partial charge in [0.1, 0.15) is 6.04 Å². The maximum Gasteiger partial charge on any atom is 0.242 e. The van der Waals surface area contributed by atoms with Gasteiger partial charge in [-0.2, -0.15) is 0 Å². The minimum absolute atomic E-state index is 0.147. The Morgan fingerprint density at radius 2 is 2.00 bits per heavy atom. The molecule has 0 aromatic heterocycles. The highest BCUT2D eigenvalue weighted by atomic mass is 16.5. The van der Waals surface area contributed by atoms with Gasteiger partial charge in [-0.05, 0) is 12.8 Å².